The monoisotopic (exact) mass is 587 g/mol. The van der Waals surface area contributed by atoms with Crippen LogP contribution in [0.15, 0.2) is 77.6 Å². The highest BCUT2D eigenvalue weighted by molar-refractivity contribution is 6.30. The van der Waals surface area contributed by atoms with Gasteiger partial charge in [0.2, 0.25) is 11.4 Å². The molecule has 1 fully saturated rings. The molecule has 11 nitrogen and oxygen atoms in total. The lowest BCUT2D eigenvalue weighted by Crippen LogP contribution is -2.62. The molecule has 4 aromatic rings. The molecule has 1 aliphatic heterocycles. The van der Waals surface area contributed by atoms with Crippen molar-refractivity contribution in [2.75, 3.05) is 5.32 Å². The SMILES string of the molecule is Cc1nc2ccc(CNC(=O)Nc3ccc(Cl)cc3)cc2c(=O)n1[C@@]1(C(=O)OCc2ccccc2)CCC(=O)NC1=O. The number of fused-ring (bicyclic) bond motifs is 1. The Bertz CT molecular complexity index is 1760. The Morgan fingerprint density at radius 2 is 1.76 bits per heavy atom. The molecule has 4 amide bonds. The summed E-state index contributed by atoms with van der Waals surface area (Å²) in [7, 11) is 0. The average Bonchev–Trinajstić information content (AvgIpc) is 2.98. The first-order chi connectivity index (χ1) is 20.2. The molecule has 1 atom stereocenters. The lowest BCUT2D eigenvalue weighted by atomic mass is 9.87. The van der Waals surface area contributed by atoms with Gasteiger partial charge in [0.25, 0.3) is 11.5 Å². The number of rotatable bonds is 7. The summed E-state index contributed by atoms with van der Waals surface area (Å²) in [4.78, 5) is 69.9. The smallest absolute Gasteiger partial charge is 0.342 e. The Morgan fingerprint density at radius 3 is 2.48 bits per heavy atom. The molecular weight excluding hydrogens is 562 g/mol. The second-order valence-electron chi connectivity index (χ2n) is 9.76. The molecule has 1 aromatic heterocycles. The van der Waals surface area contributed by atoms with E-state index < -0.39 is 34.9 Å². The number of aromatic nitrogens is 2. The van der Waals surface area contributed by atoms with Crippen LogP contribution < -0.4 is 21.5 Å². The van der Waals surface area contributed by atoms with Crippen molar-refractivity contribution < 1.29 is 23.9 Å². The number of esters is 1. The lowest BCUT2D eigenvalue weighted by molar-refractivity contribution is -0.164. The molecule has 1 saturated heterocycles. The molecule has 5 rings (SSSR count). The van der Waals surface area contributed by atoms with Crippen LogP contribution in [-0.2, 0) is 37.8 Å². The fourth-order valence-electron chi connectivity index (χ4n) is 4.84. The van der Waals surface area contributed by atoms with Gasteiger partial charge in [-0.3, -0.25) is 24.3 Å². The van der Waals surface area contributed by atoms with E-state index in [9.17, 15) is 24.0 Å². The van der Waals surface area contributed by atoms with E-state index in [1.165, 1.54) is 13.0 Å². The number of nitrogens with one attached hydrogen (secondary N) is 3. The van der Waals surface area contributed by atoms with Crippen LogP contribution in [-0.4, -0.2) is 33.4 Å². The molecule has 214 valence electrons. The van der Waals surface area contributed by atoms with Crippen LogP contribution in [0, 0.1) is 6.92 Å². The molecule has 3 N–H and O–H groups in total. The molecule has 0 bridgehead atoms. The quantitative estimate of drug-likeness (QED) is 0.170. The zero-order valence-corrected chi connectivity index (χ0v) is 23.2. The zero-order chi connectivity index (χ0) is 29.9. The molecule has 12 heteroatoms. The van der Waals surface area contributed by atoms with Gasteiger partial charge < -0.3 is 15.4 Å². The van der Waals surface area contributed by atoms with E-state index >= 15 is 0 Å². The molecule has 0 spiro atoms. The molecule has 1 aliphatic rings. The fourth-order valence-corrected chi connectivity index (χ4v) is 4.96. The molecule has 42 heavy (non-hydrogen) atoms. The number of halogens is 1. The highest BCUT2D eigenvalue weighted by atomic mass is 35.5. The van der Waals surface area contributed by atoms with E-state index in [0.717, 1.165) is 4.57 Å². The van der Waals surface area contributed by atoms with Crippen LogP contribution in [0.3, 0.4) is 0 Å². The topological polar surface area (TPSA) is 148 Å². The average molecular weight is 588 g/mol. The van der Waals surface area contributed by atoms with Gasteiger partial charge in [-0.2, -0.15) is 0 Å². The second-order valence-corrected chi connectivity index (χ2v) is 10.2. The van der Waals surface area contributed by atoms with Gasteiger partial charge in [0.05, 0.1) is 10.9 Å². The number of amides is 4. The van der Waals surface area contributed by atoms with Gasteiger partial charge in [0, 0.05) is 23.7 Å². The molecule has 0 aliphatic carbocycles. The summed E-state index contributed by atoms with van der Waals surface area (Å²) in [5.41, 5.74) is -0.656. The molecule has 2 heterocycles. The van der Waals surface area contributed by atoms with Gasteiger partial charge in [0.15, 0.2) is 0 Å². The number of carbonyl (C=O) groups is 4. The summed E-state index contributed by atoms with van der Waals surface area (Å²) in [6.07, 6.45) is -0.450. The summed E-state index contributed by atoms with van der Waals surface area (Å²) in [6.45, 7) is 1.45. The van der Waals surface area contributed by atoms with Gasteiger partial charge in [0.1, 0.15) is 12.4 Å². The molecule has 0 saturated carbocycles. The maximum Gasteiger partial charge on any atom is 0.342 e. The fraction of sp³-hybridized carbons (Fsp3) is 0.200. The van der Waals surface area contributed by atoms with Crippen LogP contribution in [0.2, 0.25) is 5.02 Å². The van der Waals surface area contributed by atoms with Crippen molar-refractivity contribution in [3.8, 4) is 0 Å². The summed E-state index contributed by atoms with van der Waals surface area (Å²) in [5.74, 6) is -2.39. The van der Waals surface area contributed by atoms with E-state index in [0.29, 0.717) is 27.4 Å². The number of imide groups is 1. The number of carbonyl (C=O) groups excluding carboxylic acids is 4. The molecular formula is C30H26ClN5O6. The highest BCUT2D eigenvalue weighted by Crippen LogP contribution is 2.30. The first-order valence-corrected chi connectivity index (χ1v) is 13.4. The largest absolute Gasteiger partial charge is 0.459 e. The van der Waals surface area contributed by atoms with Crippen LogP contribution >= 0.6 is 11.6 Å². The predicted octanol–water partition coefficient (Wildman–Crippen LogP) is 3.56. The number of hydrogen-bond acceptors (Lipinski definition) is 7. The zero-order valence-electron chi connectivity index (χ0n) is 22.5. The van der Waals surface area contributed by atoms with Gasteiger partial charge in [-0.1, -0.05) is 48.0 Å². The standard InChI is InChI=1S/C30H26ClN5O6/c1-18-33-24-12-7-20(16-32-29(41)34-22-10-8-21(31)9-11-22)15-23(24)26(38)36(18)30(14-13-25(37)35-27(30)39)28(40)42-17-19-5-3-2-4-6-19/h2-12,15H,13-14,16-17H2,1H3,(H2,32,34,41)(H,35,37,39)/t30-/m0/s1. The Kier molecular flexibility index (Phi) is 8.03. The predicted molar refractivity (Wildman–Crippen MR) is 155 cm³/mol. The highest BCUT2D eigenvalue weighted by Gasteiger charge is 2.54. The van der Waals surface area contributed by atoms with E-state index in [1.807, 2.05) is 6.07 Å². The molecule has 3 aromatic carbocycles. The van der Waals surface area contributed by atoms with Crippen molar-refractivity contribution in [1.82, 2.24) is 20.2 Å². The van der Waals surface area contributed by atoms with Crippen molar-refractivity contribution in [2.45, 2.75) is 38.5 Å². The van der Waals surface area contributed by atoms with Crippen molar-refractivity contribution in [3.63, 3.8) is 0 Å². The third kappa shape index (κ3) is 5.72. The summed E-state index contributed by atoms with van der Waals surface area (Å²) in [5, 5.41) is 8.25. The van der Waals surface area contributed by atoms with E-state index in [4.69, 9.17) is 16.3 Å². The Labute approximate surface area is 244 Å². The maximum atomic E-state index is 14.0. The van der Waals surface area contributed by atoms with Crippen molar-refractivity contribution in [1.29, 1.82) is 0 Å². The minimum Gasteiger partial charge on any atom is -0.459 e. The van der Waals surface area contributed by atoms with Gasteiger partial charge in [-0.15, -0.1) is 0 Å². The number of anilines is 1. The van der Waals surface area contributed by atoms with Crippen LogP contribution in [0.4, 0.5) is 10.5 Å². The number of ether oxygens (including phenoxy) is 1. The number of nitrogens with zero attached hydrogens (tertiary/aromatic N) is 2. The first kappa shape index (κ1) is 28.5. The van der Waals surface area contributed by atoms with Crippen molar-refractivity contribution in [3.05, 3.63) is 105 Å². The molecule has 0 unspecified atom stereocenters. The van der Waals surface area contributed by atoms with Gasteiger partial charge >= 0.3 is 12.0 Å². The summed E-state index contributed by atoms with van der Waals surface area (Å²) < 4.78 is 6.55. The van der Waals surface area contributed by atoms with Crippen molar-refractivity contribution in [2.24, 2.45) is 0 Å². The number of benzene rings is 3. The first-order valence-electron chi connectivity index (χ1n) is 13.1. The Morgan fingerprint density at radius 1 is 1.02 bits per heavy atom. The number of piperidine rings is 1. The minimum atomic E-state index is -2.14. The minimum absolute atomic E-state index is 0.0714. The van der Waals surface area contributed by atoms with Crippen LogP contribution in [0.5, 0.6) is 0 Å². The maximum absolute atomic E-state index is 14.0. The Hall–Kier alpha value is -5.03. The number of aryl methyl sites for hydroxylation is 1. The summed E-state index contributed by atoms with van der Waals surface area (Å²) >= 11 is 5.88. The third-order valence-electron chi connectivity index (χ3n) is 6.93. The van der Waals surface area contributed by atoms with Crippen LogP contribution in [0.1, 0.15) is 29.8 Å². The lowest BCUT2D eigenvalue weighted by Gasteiger charge is -2.35. The molecule has 0 radical (unpaired) electrons. The van der Waals surface area contributed by atoms with E-state index in [2.05, 4.69) is 20.9 Å². The summed E-state index contributed by atoms with van der Waals surface area (Å²) in [6, 6.07) is 19.9. The van der Waals surface area contributed by atoms with E-state index in [1.54, 1.807) is 60.7 Å². The Balaban J connectivity index is 1.46. The third-order valence-corrected chi connectivity index (χ3v) is 7.18. The van der Waals surface area contributed by atoms with Crippen LogP contribution in [0.25, 0.3) is 10.9 Å². The van der Waals surface area contributed by atoms with E-state index in [-0.39, 0.29) is 37.2 Å². The van der Waals surface area contributed by atoms with Gasteiger partial charge in [-0.05, 0) is 60.9 Å². The van der Waals surface area contributed by atoms with Gasteiger partial charge in [-0.25, -0.2) is 14.6 Å². The normalized spacial score (nSPS) is 16.5. The van der Waals surface area contributed by atoms with Crippen molar-refractivity contribution >= 4 is 52.0 Å². The number of urea groups is 1. The number of hydrogen-bond donors (Lipinski definition) is 3. The second kappa shape index (κ2) is 11.8.